The molecule has 1 aromatic heterocycles. The van der Waals surface area contributed by atoms with Crippen molar-refractivity contribution in [2.24, 2.45) is 5.73 Å². The monoisotopic (exact) mass is 139 g/mol. The number of nitrogens with one attached hydrogen (secondary N) is 2. The van der Waals surface area contributed by atoms with Crippen molar-refractivity contribution < 1.29 is 0 Å². The van der Waals surface area contributed by atoms with Crippen molar-refractivity contribution in [3.63, 3.8) is 0 Å². The summed E-state index contributed by atoms with van der Waals surface area (Å²) in [6, 6.07) is 4.01. The van der Waals surface area contributed by atoms with Crippen LogP contribution in [0.4, 0.5) is 0 Å². The largest absolute Gasteiger partial charge is 0.388 e. The van der Waals surface area contributed by atoms with Crippen LogP contribution in [0, 0.1) is 12.3 Å². The van der Waals surface area contributed by atoms with Crippen molar-refractivity contribution >= 4 is 5.84 Å². The minimum absolute atomic E-state index is 0.167. The summed E-state index contributed by atoms with van der Waals surface area (Å²) in [5.41, 5.74) is 5.91. The molecule has 0 aliphatic carbocycles. The van der Waals surface area contributed by atoms with Crippen molar-refractivity contribution in [3.05, 3.63) is 24.0 Å². The van der Waals surface area contributed by atoms with Gasteiger partial charge in [-0.05, 0) is 26.0 Å². The number of aryl methyl sites for hydroxylation is 1. The molecule has 0 aliphatic rings. The van der Waals surface area contributed by atoms with E-state index in [-0.39, 0.29) is 5.84 Å². The Morgan fingerprint density at radius 2 is 2.20 bits per heavy atom. The first-order chi connectivity index (χ1) is 4.63. The third-order valence-corrected chi connectivity index (χ3v) is 0.753. The highest BCUT2D eigenvalue weighted by atomic mass is 14.7. The highest BCUT2D eigenvalue weighted by Gasteiger charge is 1.72. The molecule has 3 nitrogen and oxygen atoms in total. The summed E-state index contributed by atoms with van der Waals surface area (Å²) >= 11 is 0. The summed E-state index contributed by atoms with van der Waals surface area (Å²) in [6.07, 6.45) is 1.91. The fourth-order valence-corrected chi connectivity index (χ4v) is 0.420. The van der Waals surface area contributed by atoms with Crippen LogP contribution in [0.2, 0.25) is 0 Å². The maximum absolute atomic E-state index is 6.28. The smallest absolute Gasteiger partial charge is 0.0873 e. The minimum Gasteiger partial charge on any atom is -0.388 e. The molecule has 0 atom stereocenters. The molecule has 4 N–H and O–H groups in total. The van der Waals surface area contributed by atoms with E-state index in [1.807, 2.05) is 25.3 Å². The Morgan fingerprint density at radius 1 is 1.70 bits per heavy atom. The first kappa shape index (κ1) is 8.75. The van der Waals surface area contributed by atoms with Gasteiger partial charge in [0.1, 0.15) is 0 Å². The van der Waals surface area contributed by atoms with Crippen LogP contribution in [-0.2, 0) is 0 Å². The zero-order valence-corrected chi connectivity index (χ0v) is 6.31. The summed E-state index contributed by atoms with van der Waals surface area (Å²) in [7, 11) is 0. The van der Waals surface area contributed by atoms with E-state index in [2.05, 4.69) is 4.98 Å². The van der Waals surface area contributed by atoms with Gasteiger partial charge in [-0.3, -0.25) is 5.41 Å². The van der Waals surface area contributed by atoms with Crippen molar-refractivity contribution in [2.45, 2.75) is 13.8 Å². The Kier molecular flexibility index (Phi) is 4.04. The zero-order valence-electron chi connectivity index (χ0n) is 6.31. The van der Waals surface area contributed by atoms with E-state index in [1.54, 1.807) is 0 Å². The number of amidine groups is 1. The molecule has 0 aliphatic heterocycles. The van der Waals surface area contributed by atoms with Crippen LogP contribution < -0.4 is 5.73 Å². The lowest BCUT2D eigenvalue weighted by atomic mass is 10.5. The number of hydrogen-bond donors (Lipinski definition) is 3. The maximum atomic E-state index is 6.28. The van der Waals surface area contributed by atoms with Gasteiger partial charge in [0.2, 0.25) is 0 Å². The Hall–Kier alpha value is -1.25. The highest BCUT2D eigenvalue weighted by molar-refractivity contribution is 5.73. The number of hydrogen-bond acceptors (Lipinski definition) is 1. The van der Waals surface area contributed by atoms with Crippen molar-refractivity contribution in [2.75, 3.05) is 0 Å². The molecule has 3 heteroatoms. The summed E-state index contributed by atoms with van der Waals surface area (Å²) < 4.78 is 0. The maximum Gasteiger partial charge on any atom is 0.0873 e. The predicted molar refractivity (Wildman–Crippen MR) is 43.1 cm³/mol. The second kappa shape index (κ2) is 4.61. The Balaban J connectivity index is 0.000000180. The van der Waals surface area contributed by atoms with E-state index in [1.165, 1.54) is 12.6 Å². The van der Waals surface area contributed by atoms with Crippen molar-refractivity contribution in [1.82, 2.24) is 4.98 Å². The van der Waals surface area contributed by atoms with Gasteiger partial charge in [0.15, 0.2) is 0 Å². The number of H-pyrrole nitrogens is 1. The molecule has 1 heterocycles. The average Bonchev–Trinajstić information content (AvgIpc) is 2.15. The third-order valence-electron chi connectivity index (χ3n) is 0.753. The number of aromatic amines is 1. The lowest BCUT2D eigenvalue weighted by Gasteiger charge is -1.70. The van der Waals surface area contributed by atoms with Crippen LogP contribution in [0.25, 0.3) is 0 Å². The van der Waals surface area contributed by atoms with Gasteiger partial charge in [-0.1, -0.05) is 0 Å². The van der Waals surface area contributed by atoms with E-state index in [0.29, 0.717) is 0 Å². The SMILES string of the molecule is CC(=N)N.Cc1ccc[nH]1. The first-order valence-electron chi connectivity index (χ1n) is 3.03. The number of aromatic nitrogens is 1. The molecule has 0 radical (unpaired) electrons. The van der Waals surface area contributed by atoms with Gasteiger partial charge in [-0.15, -0.1) is 0 Å². The fraction of sp³-hybridized carbons (Fsp3) is 0.286. The number of rotatable bonds is 0. The third kappa shape index (κ3) is 6.75. The lowest BCUT2D eigenvalue weighted by molar-refractivity contribution is 1.27. The molecule has 10 heavy (non-hydrogen) atoms. The molecular formula is C7H13N3. The first-order valence-corrected chi connectivity index (χ1v) is 3.03. The molecule has 0 fully saturated rings. The predicted octanol–water partition coefficient (Wildman–Crippen LogP) is 1.27. The van der Waals surface area contributed by atoms with Gasteiger partial charge in [-0.25, -0.2) is 0 Å². The molecule has 0 amide bonds. The zero-order chi connectivity index (χ0) is 7.98. The summed E-state index contributed by atoms with van der Waals surface area (Å²) in [6.45, 7) is 3.56. The Morgan fingerprint density at radius 3 is 2.30 bits per heavy atom. The summed E-state index contributed by atoms with van der Waals surface area (Å²) in [5, 5.41) is 6.28. The van der Waals surface area contributed by atoms with Crippen LogP contribution in [0.1, 0.15) is 12.6 Å². The normalized spacial score (nSPS) is 7.80. The van der Waals surface area contributed by atoms with E-state index < -0.39 is 0 Å². The van der Waals surface area contributed by atoms with Gasteiger partial charge in [0.25, 0.3) is 0 Å². The van der Waals surface area contributed by atoms with Crippen molar-refractivity contribution in [3.8, 4) is 0 Å². The molecule has 56 valence electrons. The van der Waals surface area contributed by atoms with E-state index in [9.17, 15) is 0 Å². The summed E-state index contributed by atoms with van der Waals surface area (Å²) in [4.78, 5) is 3.00. The molecule has 0 bridgehead atoms. The molecule has 1 aromatic rings. The molecule has 0 saturated heterocycles. The fourth-order valence-electron chi connectivity index (χ4n) is 0.420. The van der Waals surface area contributed by atoms with Gasteiger partial charge in [-0.2, -0.15) is 0 Å². The van der Waals surface area contributed by atoms with Crippen molar-refractivity contribution in [1.29, 1.82) is 5.41 Å². The molecule has 0 saturated carbocycles. The topological polar surface area (TPSA) is 65.7 Å². The molecule has 0 unspecified atom stereocenters. The van der Waals surface area contributed by atoms with Gasteiger partial charge in [0.05, 0.1) is 5.84 Å². The lowest BCUT2D eigenvalue weighted by Crippen LogP contribution is -2.00. The van der Waals surface area contributed by atoms with E-state index in [0.717, 1.165) is 0 Å². The minimum atomic E-state index is 0.167. The highest BCUT2D eigenvalue weighted by Crippen LogP contribution is 1.86. The van der Waals surface area contributed by atoms with Crippen LogP contribution in [0.5, 0.6) is 0 Å². The molecule has 1 rings (SSSR count). The molecule has 0 aromatic carbocycles. The summed E-state index contributed by atoms with van der Waals surface area (Å²) in [5.74, 6) is 0.167. The average molecular weight is 139 g/mol. The second-order valence-corrected chi connectivity index (χ2v) is 2.04. The van der Waals surface area contributed by atoms with Crippen LogP contribution >= 0.6 is 0 Å². The van der Waals surface area contributed by atoms with Gasteiger partial charge < -0.3 is 10.7 Å². The molecule has 0 spiro atoms. The standard InChI is InChI=1S/C5H7N.C2H6N2/c1-5-3-2-4-6-5;1-2(3)4/h2-4,6H,1H3;1H3,(H3,3,4). The van der Waals surface area contributed by atoms with E-state index >= 15 is 0 Å². The Labute approximate surface area is 60.8 Å². The van der Waals surface area contributed by atoms with Crippen LogP contribution in [0.15, 0.2) is 18.3 Å². The Bertz CT molecular complexity index is 173. The van der Waals surface area contributed by atoms with Gasteiger partial charge in [0, 0.05) is 11.9 Å². The van der Waals surface area contributed by atoms with Crippen LogP contribution in [-0.4, -0.2) is 10.8 Å². The van der Waals surface area contributed by atoms with E-state index in [4.69, 9.17) is 11.1 Å². The quantitative estimate of drug-likeness (QED) is 0.367. The number of nitrogens with two attached hydrogens (primary N) is 1. The van der Waals surface area contributed by atoms with Gasteiger partial charge >= 0.3 is 0 Å². The molecular weight excluding hydrogens is 126 g/mol. The second-order valence-electron chi connectivity index (χ2n) is 2.04. The van der Waals surface area contributed by atoms with Crippen LogP contribution in [0.3, 0.4) is 0 Å².